The SMILES string of the molecule is Cc1cccc2c(Br)nc(CC3CCNCC3)n12. The lowest BCUT2D eigenvalue weighted by atomic mass is 9.94. The fourth-order valence-electron chi connectivity index (χ4n) is 2.82. The van der Waals surface area contributed by atoms with Gasteiger partial charge in [-0.05, 0) is 66.8 Å². The largest absolute Gasteiger partial charge is 0.317 e. The van der Waals surface area contributed by atoms with E-state index in [0.717, 1.165) is 30.0 Å². The number of imidazole rings is 1. The molecule has 1 aliphatic rings. The number of pyridine rings is 1. The molecule has 0 aromatic carbocycles. The Morgan fingerprint density at radius 1 is 1.39 bits per heavy atom. The van der Waals surface area contributed by atoms with Gasteiger partial charge >= 0.3 is 0 Å². The summed E-state index contributed by atoms with van der Waals surface area (Å²) in [4.78, 5) is 4.70. The Bertz CT molecular complexity index is 555. The molecule has 0 amide bonds. The molecule has 3 nitrogen and oxygen atoms in total. The molecule has 0 saturated carbocycles. The number of hydrogen-bond donors (Lipinski definition) is 1. The van der Waals surface area contributed by atoms with Crippen molar-refractivity contribution in [2.24, 2.45) is 5.92 Å². The van der Waals surface area contributed by atoms with E-state index in [9.17, 15) is 0 Å². The van der Waals surface area contributed by atoms with Crippen LogP contribution in [0, 0.1) is 12.8 Å². The van der Waals surface area contributed by atoms with Gasteiger partial charge in [0.05, 0.1) is 5.52 Å². The number of piperidine rings is 1. The van der Waals surface area contributed by atoms with Gasteiger partial charge in [0, 0.05) is 12.1 Å². The van der Waals surface area contributed by atoms with Gasteiger partial charge in [0.1, 0.15) is 10.4 Å². The van der Waals surface area contributed by atoms with Crippen LogP contribution in [0.5, 0.6) is 0 Å². The van der Waals surface area contributed by atoms with E-state index in [-0.39, 0.29) is 0 Å². The zero-order valence-electron chi connectivity index (χ0n) is 10.6. The lowest BCUT2D eigenvalue weighted by Gasteiger charge is -2.22. The molecule has 0 aliphatic carbocycles. The molecule has 1 N–H and O–H groups in total. The van der Waals surface area contributed by atoms with Crippen molar-refractivity contribution in [3.8, 4) is 0 Å². The molecule has 18 heavy (non-hydrogen) atoms. The maximum absolute atomic E-state index is 4.70. The maximum atomic E-state index is 4.70. The first-order chi connectivity index (χ1) is 8.75. The van der Waals surface area contributed by atoms with Crippen molar-refractivity contribution in [1.29, 1.82) is 0 Å². The van der Waals surface area contributed by atoms with Crippen LogP contribution in [0.3, 0.4) is 0 Å². The van der Waals surface area contributed by atoms with Crippen LogP contribution in [0.2, 0.25) is 0 Å². The first-order valence-electron chi connectivity index (χ1n) is 6.59. The maximum Gasteiger partial charge on any atom is 0.132 e. The molecule has 1 fully saturated rings. The Morgan fingerprint density at radius 2 is 2.17 bits per heavy atom. The number of hydrogen-bond acceptors (Lipinski definition) is 2. The Labute approximate surface area is 116 Å². The number of nitrogens with zero attached hydrogens (tertiary/aromatic N) is 2. The molecule has 4 heteroatoms. The topological polar surface area (TPSA) is 29.3 Å². The standard InChI is InChI=1S/C14H18BrN3/c1-10-3-2-4-12-14(15)17-13(18(10)12)9-11-5-7-16-8-6-11/h2-4,11,16H,5-9H2,1H3. The first kappa shape index (κ1) is 12.2. The molecule has 3 rings (SSSR count). The highest BCUT2D eigenvalue weighted by atomic mass is 79.9. The first-order valence-corrected chi connectivity index (χ1v) is 7.38. The van der Waals surface area contributed by atoms with Gasteiger partial charge in [-0.3, -0.25) is 4.40 Å². The summed E-state index contributed by atoms with van der Waals surface area (Å²) in [6, 6.07) is 6.36. The van der Waals surface area contributed by atoms with Crippen molar-refractivity contribution in [2.75, 3.05) is 13.1 Å². The highest BCUT2D eigenvalue weighted by molar-refractivity contribution is 9.10. The monoisotopic (exact) mass is 307 g/mol. The quantitative estimate of drug-likeness (QED) is 0.924. The van der Waals surface area contributed by atoms with Crippen LogP contribution in [0.4, 0.5) is 0 Å². The number of aromatic nitrogens is 2. The lowest BCUT2D eigenvalue weighted by Crippen LogP contribution is -2.29. The summed E-state index contributed by atoms with van der Waals surface area (Å²) in [5, 5.41) is 3.42. The van der Waals surface area contributed by atoms with Crippen LogP contribution in [0.1, 0.15) is 24.4 Å². The minimum Gasteiger partial charge on any atom is -0.317 e. The summed E-state index contributed by atoms with van der Waals surface area (Å²) < 4.78 is 3.25. The normalized spacial score (nSPS) is 17.4. The minimum atomic E-state index is 0.767. The van der Waals surface area contributed by atoms with Crippen molar-refractivity contribution in [2.45, 2.75) is 26.2 Å². The second-order valence-corrected chi connectivity index (χ2v) is 5.86. The predicted molar refractivity (Wildman–Crippen MR) is 76.9 cm³/mol. The molecule has 3 heterocycles. The van der Waals surface area contributed by atoms with Crippen LogP contribution < -0.4 is 5.32 Å². The van der Waals surface area contributed by atoms with Crippen molar-refractivity contribution in [1.82, 2.24) is 14.7 Å². The van der Waals surface area contributed by atoms with Gasteiger partial charge in [0.2, 0.25) is 0 Å². The Hall–Kier alpha value is -0.870. The summed E-state index contributed by atoms with van der Waals surface area (Å²) >= 11 is 3.57. The molecular formula is C14H18BrN3. The van der Waals surface area contributed by atoms with Gasteiger partial charge in [-0.25, -0.2) is 4.98 Å². The second kappa shape index (κ2) is 5.02. The zero-order valence-corrected chi connectivity index (χ0v) is 12.2. The van der Waals surface area contributed by atoms with Gasteiger partial charge in [-0.2, -0.15) is 0 Å². The van der Waals surface area contributed by atoms with Crippen LogP contribution in [0.15, 0.2) is 22.8 Å². The van der Waals surface area contributed by atoms with Gasteiger partial charge in [-0.15, -0.1) is 0 Å². The van der Waals surface area contributed by atoms with Crippen molar-refractivity contribution in [3.63, 3.8) is 0 Å². The van der Waals surface area contributed by atoms with Crippen LogP contribution in [-0.4, -0.2) is 22.5 Å². The van der Waals surface area contributed by atoms with Crippen LogP contribution in [-0.2, 0) is 6.42 Å². The molecule has 0 atom stereocenters. The van der Waals surface area contributed by atoms with Gasteiger partial charge in [0.15, 0.2) is 0 Å². The number of nitrogens with one attached hydrogen (secondary N) is 1. The molecule has 0 radical (unpaired) electrons. The minimum absolute atomic E-state index is 0.767. The molecule has 2 aromatic rings. The van der Waals surface area contributed by atoms with Crippen molar-refractivity contribution >= 4 is 21.4 Å². The molecule has 0 spiro atoms. The predicted octanol–water partition coefficient (Wildman–Crippen LogP) is 2.95. The second-order valence-electron chi connectivity index (χ2n) is 5.10. The molecule has 2 aromatic heterocycles. The summed E-state index contributed by atoms with van der Waals surface area (Å²) in [6.07, 6.45) is 3.61. The molecule has 0 bridgehead atoms. The average Bonchev–Trinajstić information content (AvgIpc) is 2.69. The summed E-state index contributed by atoms with van der Waals surface area (Å²) in [6.45, 7) is 4.44. The van der Waals surface area contributed by atoms with Crippen molar-refractivity contribution in [3.05, 3.63) is 34.3 Å². The van der Waals surface area contributed by atoms with Crippen LogP contribution in [0.25, 0.3) is 5.52 Å². The molecule has 96 valence electrons. The van der Waals surface area contributed by atoms with E-state index < -0.39 is 0 Å². The van der Waals surface area contributed by atoms with Crippen LogP contribution >= 0.6 is 15.9 Å². The van der Waals surface area contributed by atoms with E-state index in [2.05, 4.69) is 50.8 Å². The molecule has 1 saturated heterocycles. The average molecular weight is 308 g/mol. The van der Waals surface area contributed by atoms with Gasteiger partial charge < -0.3 is 5.32 Å². The summed E-state index contributed by atoms with van der Waals surface area (Å²) in [5.74, 6) is 1.96. The third-order valence-corrected chi connectivity index (χ3v) is 4.40. The fourth-order valence-corrected chi connectivity index (χ4v) is 3.34. The highest BCUT2D eigenvalue weighted by Crippen LogP contribution is 2.24. The Balaban J connectivity index is 1.96. The summed E-state index contributed by atoms with van der Waals surface area (Å²) in [7, 11) is 0. The molecule has 0 unspecified atom stereocenters. The highest BCUT2D eigenvalue weighted by Gasteiger charge is 2.18. The van der Waals surface area contributed by atoms with E-state index >= 15 is 0 Å². The number of fused-ring (bicyclic) bond motifs is 1. The van der Waals surface area contributed by atoms with E-state index in [0.29, 0.717) is 0 Å². The number of aryl methyl sites for hydroxylation is 1. The number of halogens is 1. The third-order valence-electron chi connectivity index (χ3n) is 3.81. The fraction of sp³-hybridized carbons (Fsp3) is 0.500. The third kappa shape index (κ3) is 2.19. The smallest absolute Gasteiger partial charge is 0.132 e. The van der Waals surface area contributed by atoms with Crippen molar-refractivity contribution < 1.29 is 0 Å². The Morgan fingerprint density at radius 3 is 2.94 bits per heavy atom. The van der Waals surface area contributed by atoms with E-state index in [1.807, 2.05) is 0 Å². The van der Waals surface area contributed by atoms with Gasteiger partial charge in [-0.1, -0.05) is 6.07 Å². The van der Waals surface area contributed by atoms with Gasteiger partial charge in [0.25, 0.3) is 0 Å². The summed E-state index contributed by atoms with van der Waals surface area (Å²) in [5.41, 5.74) is 2.44. The molecule has 1 aliphatic heterocycles. The van der Waals surface area contributed by atoms with E-state index in [1.54, 1.807) is 0 Å². The number of rotatable bonds is 2. The van der Waals surface area contributed by atoms with E-state index in [1.165, 1.54) is 29.9 Å². The zero-order chi connectivity index (χ0) is 12.5. The van der Waals surface area contributed by atoms with E-state index in [4.69, 9.17) is 4.98 Å². The lowest BCUT2D eigenvalue weighted by molar-refractivity contribution is 0.366. The molecular weight excluding hydrogens is 290 g/mol. The Kier molecular flexibility index (Phi) is 3.39.